The quantitative estimate of drug-likeness (QED) is 0.651. The fourth-order valence-electron chi connectivity index (χ4n) is 4.89. The van der Waals surface area contributed by atoms with E-state index >= 15 is 0 Å². The lowest BCUT2D eigenvalue weighted by Gasteiger charge is -2.37. The van der Waals surface area contributed by atoms with Gasteiger partial charge >= 0.3 is 0 Å². The fraction of sp³-hybridized carbons (Fsp3) is 0.400. The maximum absolute atomic E-state index is 10.4. The lowest BCUT2D eigenvalue weighted by atomic mass is 9.87. The highest BCUT2D eigenvalue weighted by Crippen LogP contribution is 2.43. The number of hydrogen-bond acceptors (Lipinski definition) is 4. The molecule has 0 spiro atoms. The van der Waals surface area contributed by atoms with Crippen molar-refractivity contribution in [1.82, 2.24) is 9.78 Å². The molecule has 5 nitrogen and oxygen atoms in total. The number of hydrogen-bond donors (Lipinski definition) is 2. The summed E-state index contributed by atoms with van der Waals surface area (Å²) in [6, 6.07) is 8.54. The summed E-state index contributed by atoms with van der Waals surface area (Å²) >= 11 is 0. The van der Waals surface area contributed by atoms with Crippen molar-refractivity contribution in [2.75, 3.05) is 11.9 Å². The molecule has 1 unspecified atom stereocenters. The summed E-state index contributed by atoms with van der Waals surface area (Å²) in [5.74, 6) is 1.34. The number of para-hydroxylation sites is 1. The van der Waals surface area contributed by atoms with Crippen molar-refractivity contribution in [3.63, 3.8) is 0 Å². The van der Waals surface area contributed by atoms with Crippen molar-refractivity contribution in [1.29, 1.82) is 0 Å². The SMILES string of the molecule is Cc1c(C)c2c(c(C)c1O)CCC(C)(Cn1ccc(-c3cccc4c3NCC4)n1)O2. The molecular weight excluding hydrogens is 374 g/mol. The first kappa shape index (κ1) is 19.0. The maximum atomic E-state index is 10.4. The summed E-state index contributed by atoms with van der Waals surface area (Å²) in [7, 11) is 0. The largest absolute Gasteiger partial charge is 0.507 e. The number of ether oxygens (including phenoxy) is 1. The molecule has 1 aromatic heterocycles. The minimum Gasteiger partial charge on any atom is -0.507 e. The standard InChI is InChI=1S/C25H29N3O2/c1-15-16(2)24-19(17(3)23(15)29)8-11-25(4,30-24)14-28-13-10-21(27-28)20-7-5-6-18-9-12-26-22(18)20/h5-7,10,13,26,29H,8-9,11-12,14H2,1-4H3. The van der Waals surface area contributed by atoms with Crippen LogP contribution in [-0.2, 0) is 19.4 Å². The lowest BCUT2D eigenvalue weighted by molar-refractivity contribution is 0.0427. The van der Waals surface area contributed by atoms with Crippen LogP contribution in [0.5, 0.6) is 11.5 Å². The van der Waals surface area contributed by atoms with Gasteiger partial charge in [0.2, 0.25) is 0 Å². The lowest BCUT2D eigenvalue weighted by Crippen LogP contribution is -2.41. The molecule has 0 saturated heterocycles. The molecule has 156 valence electrons. The van der Waals surface area contributed by atoms with Gasteiger partial charge in [-0.2, -0.15) is 5.10 Å². The molecule has 5 rings (SSSR count). The minimum absolute atomic E-state index is 0.339. The molecule has 0 radical (unpaired) electrons. The number of phenols is 1. The number of aromatic nitrogens is 2. The number of phenolic OH excluding ortho intramolecular Hbond substituents is 1. The summed E-state index contributed by atoms with van der Waals surface area (Å²) < 4.78 is 8.58. The van der Waals surface area contributed by atoms with Gasteiger partial charge in [-0.05, 0) is 75.3 Å². The molecule has 2 aliphatic rings. The number of nitrogens with one attached hydrogen (secondary N) is 1. The predicted octanol–water partition coefficient (Wildman–Crippen LogP) is 4.93. The van der Waals surface area contributed by atoms with E-state index in [0.717, 1.165) is 59.5 Å². The van der Waals surface area contributed by atoms with Crippen LogP contribution in [0, 0.1) is 20.8 Å². The van der Waals surface area contributed by atoms with Crippen molar-refractivity contribution in [2.24, 2.45) is 0 Å². The Kier molecular flexibility index (Phi) is 4.31. The molecule has 3 heterocycles. The average Bonchev–Trinajstić information content (AvgIpc) is 3.39. The van der Waals surface area contributed by atoms with Crippen LogP contribution in [0.15, 0.2) is 30.5 Å². The van der Waals surface area contributed by atoms with Gasteiger partial charge in [0.15, 0.2) is 0 Å². The highest BCUT2D eigenvalue weighted by molar-refractivity contribution is 5.79. The molecule has 2 aromatic carbocycles. The van der Waals surface area contributed by atoms with Crippen LogP contribution in [0.25, 0.3) is 11.3 Å². The van der Waals surface area contributed by atoms with Gasteiger partial charge in [-0.25, -0.2) is 0 Å². The van der Waals surface area contributed by atoms with Crippen LogP contribution in [0.1, 0.15) is 41.2 Å². The van der Waals surface area contributed by atoms with Gasteiger partial charge in [0.05, 0.1) is 12.2 Å². The monoisotopic (exact) mass is 403 g/mol. The van der Waals surface area contributed by atoms with Crippen LogP contribution in [0.3, 0.4) is 0 Å². The number of rotatable bonds is 3. The highest BCUT2D eigenvalue weighted by atomic mass is 16.5. The summed E-state index contributed by atoms with van der Waals surface area (Å²) in [6.45, 7) is 9.82. The zero-order chi connectivity index (χ0) is 21.0. The van der Waals surface area contributed by atoms with Gasteiger partial charge in [-0.1, -0.05) is 18.2 Å². The third-order valence-corrected chi connectivity index (χ3v) is 6.85. The summed E-state index contributed by atoms with van der Waals surface area (Å²) in [4.78, 5) is 0. The first-order valence-corrected chi connectivity index (χ1v) is 10.8. The Morgan fingerprint density at radius 3 is 2.80 bits per heavy atom. The van der Waals surface area contributed by atoms with Gasteiger partial charge in [-0.15, -0.1) is 0 Å². The first-order valence-electron chi connectivity index (χ1n) is 10.8. The van der Waals surface area contributed by atoms with E-state index in [1.807, 2.05) is 31.6 Å². The topological polar surface area (TPSA) is 59.3 Å². The maximum Gasteiger partial charge on any atom is 0.127 e. The molecule has 0 bridgehead atoms. The third-order valence-electron chi connectivity index (χ3n) is 6.85. The Morgan fingerprint density at radius 2 is 1.97 bits per heavy atom. The smallest absolute Gasteiger partial charge is 0.127 e. The van der Waals surface area contributed by atoms with Crippen LogP contribution in [0.4, 0.5) is 5.69 Å². The van der Waals surface area contributed by atoms with E-state index in [4.69, 9.17) is 9.84 Å². The van der Waals surface area contributed by atoms with Crippen LogP contribution >= 0.6 is 0 Å². The number of fused-ring (bicyclic) bond motifs is 2. The van der Waals surface area contributed by atoms with Crippen molar-refractivity contribution < 1.29 is 9.84 Å². The number of benzene rings is 2. The Labute approximate surface area is 177 Å². The Morgan fingerprint density at radius 1 is 1.13 bits per heavy atom. The van der Waals surface area contributed by atoms with Gasteiger partial charge in [-0.3, -0.25) is 4.68 Å². The van der Waals surface area contributed by atoms with Gasteiger partial charge in [0.25, 0.3) is 0 Å². The van der Waals surface area contributed by atoms with E-state index in [1.54, 1.807) is 0 Å². The fourth-order valence-corrected chi connectivity index (χ4v) is 4.89. The van der Waals surface area contributed by atoms with Crippen molar-refractivity contribution >= 4 is 5.69 Å². The van der Waals surface area contributed by atoms with E-state index in [9.17, 15) is 5.11 Å². The molecule has 0 saturated carbocycles. The zero-order valence-electron chi connectivity index (χ0n) is 18.2. The zero-order valence-corrected chi connectivity index (χ0v) is 18.2. The summed E-state index contributed by atoms with van der Waals surface area (Å²) in [5, 5.41) is 18.8. The van der Waals surface area contributed by atoms with Crippen molar-refractivity contribution in [2.45, 2.75) is 59.1 Å². The molecule has 5 heteroatoms. The first-order chi connectivity index (χ1) is 14.4. The van der Waals surface area contributed by atoms with Crippen LogP contribution in [0.2, 0.25) is 0 Å². The molecule has 0 aliphatic carbocycles. The summed E-state index contributed by atoms with van der Waals surface area (Å²) in [5.41, 5.74) is 8.43. The molecule has 2 aliphatic heterocycles. The Bertz CT molecular complexity index is 1150. The summed E-state index contributed by atoms with van der Waals surface area (Å²) in [6.07, 6.45) is 4.91. The number of anilines is 1. The molecule has 30 heavy (non-hydrogen) atoms. The second-order valence-corrected chi connectivity index (χ2v) is 9.00. The van der Waals surface area contributed by atoms with E-state index in [0.29, 0.717) is 12.3 Å². The third kappa shape index (κ3) is 2.95. The second-order valence-electron chi connectivity index (χ2n) is 9.00. The van der Waals surface area contributed by atoms with E-state index < -0.39 is 0 Å². The molecule has 2 N–H and O–H groups in total. The van der Waals surface area contributed by atoms with Gasteiger partial charge in [0.1, 0.15) is 17.1 Å². The number of aromatic hydroxyl groups is 1. The van der Waals surface area contributed by atoms with Gasteiger partial charge < -0.3 is 15.2 Å². The van der Waals surface area contributed by atoms with E-state index in [2.05, 4.69) is 36.5 Å². The molecule has 0 fully saturated rings. The molecule has 1 atom stereocenters. The van der Waals surface area contributed by atoms with E-state index in [-0.39, 0.29) is 5.60 Å². The molecule has 3 aromatic rings. The van der Waals surface area contributed by atoms with Crippen molar-refractivity contribution in [3.8, 4) is 22.8 Å². The Hall–Kier alpha value is -2.95. The van der Waals surface area contributed by atoms with Crippen LogP contribution in [-0.4, -0.2) is 27.0 Å². The van der Waals surface area contributed by atoms with Gasteiger partial charge in [0, 0.05) is 29.6 Å². The number of nitrogens with zero attached hydrogens (tertiary/aromatic N) is 2. The van der Waals surface area contributed by atoms with Crippen LogP contribution < -0.4 is 10.1 Å². The van der Waals surface area contributed by atoms with Crippen molar-refractivity contribution in [3.05, 3.63) is 58.3 Å². The second kappa shape index (κ2) is 6.79. The predicted molar refractivity (Wildman–Crippen MR) is 120 cm³/mol. The minimum atomic E-state index is -0.339. The normalized spacial score (nSPS) is 19.7. The average molecular weight is 404 g/mol. The highest BCUT2D eigenvalue weighted by Gasteiger charge is 2.35. The Balaban J connectivity index is 1.42. The van der Waals surface area contributed by atoms with E-state index in [1.165, 1.54) is 16.8 Å². The molecular formula is C25H29N3O2. The molecule has 0 amide bonds.